The van der Waals surface area contributed by atoms with Crippen molar-refractivity contribution in [1.82, 2.24) is 0 Å². The number of rotatable bonds is 2. The summed E-state index contributed by atoms with van der Waals surface area (Å²) in [7, 11) is 0. The maximum absolute atomic E-state index is 12.1. The zero-order valence-electron chi connectivity index (χ0n) is 9.82. The fourth-order valence-corrected chi connectivity index (χ4v) is 3.22. The smallest absolute Gasteiger partial charge is 0.313 e. The molecule has 1 aliphatic heterocycles. The summed E-state index contributed by atoms with van der Waals surface area (Å²) in [6, 6.07) is 10.2. The highest BCUT2D eigenvalue weighted by Gasteiger charge is 2.55. The molecule has 2 atom stereocenters. The summed E-state index contributed by atoms with van der Waals surface area (Å²) >= 11 is 0. The molecule has 0 spiro atoms. The molecule has 1 aliphatic carbocycles. The molecule has 0 amide bonds. The first-order valence-corrected chi connectivity index (χ1v) is 6.08. The van der Waals surface area contributed by atoms with Crippen molar-refractivity contribution in [2.45, 2.75) is 19.3 Å². The van der Waals surface area contributed by atoms with Crippen molar-refractivity contribution in [1.29, 1.82) is 0 Å². The van der Waals surface area contributed by atoms with Crippen LogP contribution in [-0.2, 0) is 16.0 Å². The number of benzene rings is 1. The summed E-state index contributed by atoms with van der Waals surface area (Å²) in [5.74, 6) is 0.313. The van der Waals surface area contributed by atoms with Crippen LogP contribution in [-0.4, -0.2) is 12.6 Å². The van der Waals surface area contributed by atoms with E-state index in [1.165, 1.54) is 11.1 Å². The average Bonchev–Trinajstić information content (AvgIpc) is 2.77. The molecule has 88 valence electrons. The Morgan fingerprint density at radius 1 is 1.35 bits per heavy atom. The van der Waals surface area contributed by atoms with Crippen molar-refractivity contribution < 1.29 is 9.53 Å². The molecule has 0 radical (unpaired) electrons. The van der Waals surface area contributed by atoms with Gasteiger partial charge in [0.2, 0.25) is 0 Å². The normalized spacial score (nSPS) is 31.4. The van der Waals surface area contributed by atoms with Crippen molar-refractivity contribution >= 4 is 5.97 Å². The molecule has 0 N–H and O–H groups in total. The van der Waals surface area contributed by atoms with Crippen LogP contribution >= 0.6 is 0 Å². The quantitative estimate of drug-likeness (QED) is 0.574. The molecular weight excluding hydrogens is 212 g/mol. The minimum absolute atomic E-state index is 0.0231. The van der Waals surface area contributed by atoms with Crippen LogP contribution < -0.4 is 0 Å². The molecule has 0 bridgehead atoms. The van der Waals surface area contributed by atoms with E-state index in [4.69, 9.17) is 4.74 Å². The van der Waals surface area contributed by atoms with Crippen LogP contribution in [0.3, 0.4) is 0 Å². The number of ether oxygens (including phenoxy) is 1. The minimum Gasteiger partial charge on any atom is -0.465 e. The van der Waals surface area contributed by atoms with Crippen LogP contribution in [0.25, 0.3) is 0 Å². The van der Waals surface area contributed by atoms with Crippen molar-refractivity contribution in [2.75, 3.05) is 6.61 Å². The molecule has 1 aromatic carbocycles. The average molecular weight is 228 g/mol. The Morgan fingerprint density at radius 2 is 2.12 bits per heavy atom. The second-order valence-corrected chi connectivity index (χ2v) is 5.24. The number of fused-ring (bicyclic) bond motifs is 1. The highest BCUT2D eigenvalue weighted by atomic mass is 16.5. The van der Waals surface area contributed by atoms with Gasteiger partial charge in [0.05, 0.1) is 12.0 Å². The van der Waals surface area contributed by atoms with Gasteiger partial charge in [-0.2, -0.15) is 0 Å². The van der Waals surface area contributed by atoms with Gasteiger partial charge < -0.3 is 4.74 Å². The summed E-state index contributed by atoms with van der Waals surface area (Å²) in [4.78, 5) is 12.1. The van der Waals surface area contributed by atoms with Gasteiger partial charge in [-0.05, 0) is 24.8 Å². The minimum atomic E-state index is -0.321. The Kier molecular flexibility index (Phi) is 2.32. The van der Waals surface area contributed by atoms with E-state index in [1.807, 2.05) is 18.2 Å². The number of hydrogen-bond donors (Lipinski definition) is 0. The van der Waals surface area contributed by atoms with Crippen molar-refractivity contribution in [3.63, 3.8) is 0 Å². The third kappa shape index (κ3) is 1.59. The number of cyclic esters (lactones) is 1. The Morgan fingerprint density at radius 3 is 2.88 bits per heavy atom. The lowest BCUT2D eigenvalue weighted by Crippen LogP contribution is -2.31. The summed E-state index contributed by atoms with van der Waals surface area (Å²) in [6.45, 7) is 4.62. The van der Waals surface area contributed by atoms with E-state index in [-0.39, 0.29) is 11.4 Å². The number of carbonyl (C=O) groups is 1. The second-order valence-electron chi connectivity index (χ2n) is 5.24. The molecule has 0 unspecified atom stereocenters. The van der Waals surface area contributed by atoms with E-state index in [2.05, 4.69) is 18.7 Å². The Hall–Kier alpha value is -1.57. The van der Waals surface area contributed by atoms with Gasteiger partial charge in [0, 0.05) is 5.92 Å². The van der Waals surface area contributed by atoms with Gasteiger partial charge >= 0.3 is 5.97 Å². The molecule has 2 heteroatoms. The lowest BCUT2D eigenvalue weighted by molar-refractivity contribution is -0.146. The lowest BCUT2D eigenvalue weighted by Gasteiger charge is -2.23. The third-order valence-corrected chi connectivity index (χ3v) is 4.07. The highest BCUT2D eigenvalue weighted by molar-refractivity contribution is 5.81. The Labute approximate surface area is 101 Å². The molecule has 2 nitrogen and oxygen atoms in total. The van der Waals surface area contributed by atoms with E-state index < -0.39 is 0 Å². The molecule has 0 aromatic heterocycles. The molecular formula is C15H16O2. The Bertz CT molecular complexity index is 463. The summed E-state index contributed by atoms with van der Waals surface area (Å²) < 4.78 is 5.26. The molecule has 1 heterocycles. The van der Waals surface area contributed by atoms with E-state index in [0.717, 1.165) is 19.3 Å². The van der Waals surface area contributed by atoms with Crippen LogP contribution in [0.1, 0.15) is 18.4 Å². The molecule has 2 aliphatic rings. The molecule has 1 aromatic rings. The fraction of sp³-hybridized carbons (Fsp3) is 0.400. The number of hydrogen-bond acceptors (Lipinski definition) is 2. The van der Waals surface area contributed by atoms with Crippen LogP contribution in [0.4, 0.5) is 0 Å². The van der Waals surface area contributed by atoms with Crippen molar-refractivity contribution in [3.05, 3.63) is 48.0 Å². The molecule has 17 heavy (non-hydrogen) atoms. The van der Waals surface area contributed by atoms with Crippen LogP contribution in [0.5, 0.6) is 0 Å². The zero-order chi connectivity index (χ0) is 11.9. The van der Waals surface area contributed by atoms with Gasteiger partial charge in [0.1, 0.15) is 0 Å². The van der Waals surface area contributed by atoms with Crippen molar-refractivity contribution in [3.8, 4) is 0 Å². The topological polar surface area (TPSA) is 26.3 Å². The van der Waals surface area contributed by atoms with Crippen LogP contribution in [0.15, 0.2) is 42.5 Å². The standard InChI is InChI=1S/C15H16O2/c1-11-7-13-10-17-14(16)15(13,8-11)9-12-5-3-2-4-6-12/h2-6,13H,1,7-10H2/t13-,15-/m1/s1. The van der Waals surface area contributed by atoms with E-state index in [9.17, 15) is 4.79 Å². The van der Waals surface area contributed by atoms with Gasteiger partial charge in [-0.25, -0.2) is 0 Å². The van der Waals surface area contributed by atoms with Gasteiger partial charge in [-0.3, -0.25) is 4.79 Å². The molecule has 1 saturated carbocycles. The molecule has 1 saturated heterocycles. The number of esters is 1. The Balaban J connectivity index is 1.93. The predicted molar refractivity (Wildman–Crippen MR) is 65.4 cm³/mol. The van der Waals surface area contributed by atoms with E-state index in [1.54, 1.807) is 0 Å². The van der Waals surface area contributed by atoms with Crippen LogP contribution in [0, 0.1) is 11.3 Å². The van der Waals surface area contributed by atoms with Crippen LogP contribution in [0.2, 0.25) is 0 Å². The van der Waals surface area contributed by atoms with E-state index >= 15 is 0 Å². The molecule has 3 rings (SSSR count). The zero-order valence-corrected chi connectivity index (χ0v) is 9.82. The first-order valence-electron chi connectivity index (χ1n) is 6.08. The number of allylic oxidation sites excluding steroid dienone is 1. The largest absolute Gasteiger partial charge is 0.465 e. The highest BCUT2D eigenvalue weighted by Crippen LogP contribution is 2.52. The first kappa shape index (κ1) is 10.6. The van der Waals surface area contributed by atoms with Gasteiger partial charge in [0.15, 0.2) is 0 Å². The fourth-order valence-electron chi connectivity index (χ4n) is 3.22. The predicted octanol–water partition coefficient (Wildman–Crippen LogP) is 2.74. The molecule has 2 fully saturated rings. The second kappa shape index (κ2) is 3.73. The summed E-state index contributed by atoms with van der Waals surface area (Å²) in [5.41, 5.74) is 2.09. The summed E-state index contributed by atoms with van der Waals surface area (Å²) in [5, 5.41) is 0. The van der Waals surface area contributed by atoms with E-state index in [0.29, 0.717) is 12.5 Å². The van der Waals surface area contributed by atoms with Gasteiger partial charge in [-0.1, -0.05) is 42.5 Å². The first-order chi connectivity index (χ1) is 8.21. The summed E-state index contributed by atoms with van der Waals surface area (Å²) in [6.07, 6.45) is 2.53. The third-order valence-electron chi connectivity index (χ3n) is 4.07. The van der Waals surface area contributed by atoms with Crippen molar-refractivity contribution in [2.24, 2.45) is 11.3 Å². The lowest BCUT2D eigenvalue weighted by atomic mass is 9.75. The van der Waals surface area contributed by atoms with Gasteiger partial charge in [0.25, 0.3) is 0 Å². The maximum atomic E-state index is 12.1. The monoisotopic (exact) mass is 228 g/mol. The van der Waals surface area contributed by atoms with Gasteiger partial charge in [-0.15, -0.1) is 0 Å². The number of carbonyl (C=O) groups excluding carboxylic acids is 1. The SMILES string of the molecule is C=C1C[C@@H]2COC(=O)[C@@]2(Cc2ccccc2)C1. The maximum Gasteiger partial charge on any atom is 0.313 e.